The van der Waals surface area contributed by atoms with E-state index < -0.39 is 0 Å². The van der Waals surface area contributed by atoms with Gasteiger partial charge in [-0.3, -0.25) is 0 Å². The minimum atomic E-state index is -0.127. The van der Waals surface area contributed by atoms with E-state index >= 15 is 0 Å². The molecule has 0 bridgehead atoms. The second-order valence-electron chi connectivity index (χ2n) is 5.97. The molecule has 0 radical (unpaired) electrons. The third kappa shape index (κ3) is 3.37. The van der Waals surface area contributed by atoms with E-state index in [1.807, 2.05) is 24.3 Å². The van der Waals surface area contributed by atoms with Crippen LogP contribution in [-0.2, 0) is 4.74 Å². The fourth-order valence-corrected chi connectivity index (χ4v) is 3.26. The van der Waals surface area contributed by atoms with Crippen molar-refractivity contribution in [3.05, 3.63) is 34.9 Å². The van der Waals surface area contributed by atoms with Crippen molar-refractivity contribution in [1.82, 2.24) is 10.2 Å². The molecule has 0 aliphatic carbocycles. The molecule has 3 rings (SSSR count). The van der Waals surface area contributed by atoms with Gasteiger partial charge in [0.25, 0.3) is 0 Å². The third-order valence-electron chi connectivity index (χ3n) is 4.43. The zero-order chi connectivity index (χ0) is 15.5. The summed E-state index contributed by atoms with van der Waals surface area (Å²) >= 11 is 5.91. The van der Waals surface area contributed by atoms with Gasteiger partial charge in [-0.05, 0) is 30.5 Å². The molecule has 0 aromatic heterocycles. The summed E-state index contributed by atoms with van der Waals surface area (Å²) in [6.07, 6.45) is 1.54. The summed E-state index contributed by atoms with van der Waals surface area (Å²) < 4.78 is 5.78. The average molecular weight is 325 g/mol. The molecule has 5 nitrogen and oxygen atoms in total. The summed E-state index contributed by atoms with van der Waals surface area (Å²) in [4.78, 5) is 14.1. The van der Waals surface area contributed by atoms with Crippen LogP contribution >= 0.6 is 11.6 Å². The summed E-state index contributed by atoms with van der Waals surface area (Å²) in [6.45, 7) is 2.11. The van der Waals surface area contributed by atoms with Gasteiger partial charge in [-0.25, -0.2) is 4.79 Å². The Morgan fingerprint density at radius 3 is 2.82 bits per heavy atom. The maximum absolute atomic E-state index is 12.4. The Morgan fingerprint density at radius 1 is 1.36 bits per heavy atom. The van der Waals surface area contributed by atoms with E-state index in [4.69, 9.17) is 16.3 Å². The third-order valence-corrected chi connectivity index (χ3v) is 4.68. The number of carbonyl (C=O) groups is 1. The van der Waals surface area contributed by atoms with Crippen LogP contribution in [0.5, 0.6) is 0 Å². The van der Waals surface area contributed by atoms with E-state index in [1.54, 1.807) is 4.90 Å². The molecule has 2 saturated heterocycles. The van der Waals surface area contributed by atoms with Crippen LogP contribution in [0.25, 0.3) is 0 Å². The standard InChI is InChI=1S/C16H21ClN2O3/c17-13-3-1-12(2-4-13)15-14(6-8-22-15)18-16(21)19-7-5-11(9-19)10-20/h1-4,11,14-15,20H,5-10H2,(H,18,21). The zero-order valence-electron chi connectivity index (χ0n) is 12.4. The van der Waals surface area contributed by atoms with Gasteiger partial charge in [-0.15, -0.1) is 0 Å². The van der Waals surface area contributed by atoms with Gasteiger partial charge in [0.1, 0.15) is 6.10 Å². The lowest BCUT2D eigenvalue weighted by Crippen LogP contribution is -2.45. The number of urea groups is 1. The Kier molecular flexibility index (Phi) is 4.86. The maximum atomic E-state index is 12.4. The minimum absolute atomic E-state index is 0.0261. The van der Waals surface area contributed by atoms with Crippen molar-refractivity contribution < 1.29 is 14.6 Å². The van der Waals surface area contributed by atoms with Gasteiger partial charge in [0.15, 0.2) is 0 Å². The number of halogens is 1. The molecular formula is C16H21ClN2O3. The first-order valence-electron chi connectivity index (χ1n) is 7.70. The van der Waals surface area contributed by atoms with Crippen LogP contribution in [0.4, 0.5) is 4.79 Å². The fraction of sp³-hybridized carbons (Fsp3) is 0.562. The summed E-state index contributed by atoms with van der Waals surface area (Å²) in [5.74, 6) is 0.206. The van der Waals surface area contributed by atoms with Gasteiger partial charge in [0.2, 0.25) is 0 Å². The highest BCUT2D eigenvalue weighted by Gasteiger charge is 2.33. The molecule has 6 heteroatoms. The quantitative estimate of drug-likeness (QED) is 0.896. The summed E-state index contributed by atoms with van der Waals surface area (Å²) in [6, 6.07) is 7.46. The van der Waals surface area contributed by atoms with Crippen molar-refractivity contribution in [3.8, 4) is 0 Å². The van der Waals surface area contributed by atoms with Crippen LogP contribution in [0.3, 0.4) is 0 Å². The van der Waals surface area contributed by atoms with Crippen molar-refractivity contribution in [2.45, 2.75) is 25.0 Å². The van der Waals surface area contributed by atoms with E-state index in [0.717, 1.165) is 18.4 Å². The van der Waals surface area contributed by atoms with E-state index in [-0.39, 0.29) is 30.7 Å². The topological polar surface area (TPSA) is 61.8 Å². The lowest BCUT2D eigenvalue weighted by atomic mass is 10.0. The van der Waals surface area contributed by atoms with Crippen LogP contribution in [0.1, 0.15) is 24.5 Å². The molecule has 22 heavy (non-hydrogen) atoms. The maximum Gasteiger partial charge on any atom is 0.317 e. The average Bonchev–Trinajstić information content (AvgIpc) is 3.17. The van der Waals surface area contributed by atoms with Gasteiger partial charge < -0.3 is 20.1 Å². The molecule has 120 valence electrons. The Labute approximate surface area is 135 Å². The van der Waals surface area contributed by atoms with Crippen molar-refractivity contribution in [2.75, 3.05) is 26.3 Å². The number of benzene rings is 1. The van der Waals surface area contributed by atoms with E-state index in [1.165, 1.54) is 0 Å². The molecule has 3 unspecified atom stereocenters. The van der Waals surface area contributed by atoms with Crippen LogP contribution in [0.2, 0.25) is 5.02 Å². The van der Waals surface area contributed by atoms with E-state index in [2.05, 4.69) is 5.32 Å². The Morgan fingerprint density at radius 2 is 2.14 bits per heavy atom. The summed E-state index contributed by atoms with van der Waals surface area (Å²) in [5.41, 5.74) is 1.03. The highest BCUT2D eigenvalue weighted by molar-refractivity contribution is 6.30. The number of aliphatic hydroxyl groups is 1. The highest BCUT2D eigenvalue weighted by Crippen LogP contribution is 2.30. The SMILES string of the molecule is O=C(NC1CCOC1c1ccc(Cl)cc1)N1CCC(CO)C1. The molecule has 2 fully saturated rings. The Bertz CT molecular complexity index is 523. The van der Waals surface area contributed by atoms with Crippen molar-refractivity contribution in [2.24, 2.45) is 5.92 Å². The lowest BCUT2D eigenvalue weighted by molar-refractivity contribution is 0.0983. The van der Waals surface area contributed by atoms with Gasteiger partial charge >= 0.3 is 6.03 Å². The predicted octanol–water partition coefficient (Wildman–Crippen LogP) is 2.19. The highest BCUT2D eigenvalue weighted by atomic mass is 35.5. The Balaban J connectivity index is 1.61. The zero-order valence-corrected chi connectivity index (χ0v) is 13.1. The number of nitrogens with one attached hydrogen (secondary N) is 1. The molecule has 2 heterocycles. The fourth-order valence-electron chi connectivity index (χ4n) is 3.13. The lowest BCUT2D eigenvalue weighted by Gasteiger charge is -2.24. The molecule has 1 aromatic rings. The van der Waals surface area contributed by atoms with Gasteiger partial charge in [0, 0.05) is 37.2 Å². The largest absolute Gasteiger partial charge is 0.396 e. The molecule has 3 atom stereocenters. The number of ether oxygens (including phenoxy) is 1. The van der Waals surface area contributed by atoms with Gasteiger partial charge in [-0.2, -0.15) is 0 Å². The van der Waals surface area contributed by atoms with Crippen molar-refractivity contribution in [1.29, 1.82) is 0 Å². The number of nitrogens with zero attached hydrogens (tertiary/aromatic N) is 1. The number of hydrogen-bond acceptors (Lipinski definition) is 3. The van der Waals surface area contributed by atoms with E-state index in [0.29, 0.717) is 24.7 Å². The van der Waals surface area contributed by atoms with Crippen LogP contribution in [0.15, 0.2) is 24.3 Å². The molecule has 2 aliphatic rings. The van der Waals surface area contributed by atoms with Crippen LogP contribution in [0, 0.1) is 5.92 Å². The molecule has 2 aliphatic heterocycles. The molecule has 2 N–H and O–H groups in total. The summed E-state index contributed by atoms with van der Waals surface area (Å²) in [7, 11) is 0. The molecular weight excluding hydrogens is 304 g/mol. The number of rotatable bonds is 3. The summed E-state index contributed by atoms with van der Waals surface area (Å²) in [5, 5.41) is 12.9. The van der Waals surface area contributed by atoms with Crippen molar-refractivity contribution >= 4 is 17.6 Å². The first kappa shape index (κ1) is 15.6. The molecule has 0 spiro atoms. The van der Waals surface area contributed by atoms with Gasteiger partial charge in [0.05, 0.1) is 6.04 Å². The molecule has 0 saturated carbocycles. The normalized spacial score (nSPS) is 28.1. The number of carbonyl (C=O) groups excluding carboxylic acids is 1. The number of hydrogen-bond donors (Lipinski definition) is 2. The van der Waals surface area contributed by atoms with Gasteiger partial charge in [-0.1, -0.05) is 23.7 Å². The second-order valence-corrected chi connectivity index (χ2v) is 6.41. The number of amides is 2. The van der Waals surface area contributed by atoms with Crippen molar-refractivity contribution in [3.63, 3.8) is 0 Å². The Hall–Kier alpha value is -1.30. The number of likely N-dealkylation sites (tertiary alicyclic amines) is 1. The monoisotopic (exact) mass is 324 g/mol. The number of aliphatic hydroxyl groups excluding tert-OH is 1. The minimum Gasteiger partial charge on any atom is -0.396 e. The smallest absolute Gasteiger partial charge is 0.317 e. The molecule has 1 aromatic carbocycles. The first-order valence-corrected chi connectivity index (χ1v) is 8.08. The molecule has 2 amide bonds. The van der Waals surface area contributed by atoms with Crippen LogP contribution < -0.4 is 5.32 Å². The van der Waals surface area contributed by atoms with Crippen LogP contribution in [-0.4, -0.2) is 48.4 Å². The second kappa shape index (κ2) is 6.86. The first-order chi connectivity index (χ1) is 10.7. The van der Waals surface area contributed by atoms with E-state index in [9.17, 15) is 9.90 Å². The predicted molar refractivity (Wildman–Crippen MR) is 83.8 cm³/mol.